The monoisotopic (exact) mass is 563 g/mol. The highest BCUT2D eigenvalue weighted by Gasteiger charge is 2.38. The Kier molecular flexibility index (Phi) is 6.84. The fourth-order valence-electron chi connectivity index (χ4n) is 4.58. The van der Waals surface area contributed by atoms with Crippen LogP contribution in [0.4, 0.5) is 14.9 Å². The summed E-state index contributed by atoms with van der Waals surface area (Å²) in [4.78, 5) is 27.3. The predicted octanol–water partition coefficient (Wildman–Crippen LogP) is 2.73. The summed E-state index contributed by atoms with van der Waals surface area (Å²) >= 11 is 5.97. The zero-order valence-electron chi connectivity index (χ0n) is 20.1. The molecule has 2 N–H and O–H groups in total. The number of amides is 2. The van der Waals surface area contributed by atoms with Crippen LogP contribution >= 0.6 is 11.6 Å². The number of hydrogen-bond donors (Lipinski definition) is 1. The van der Waals surface area contributed by atoms with Crippen molar-refractivity contribution >= 4 is 39.1 Å². The van der Waals surface area contributed by atoms with Crippen LogP contribution in [0.15, 0.2) is 45.7 Å². The Labute approximate surface area is 222 Å². The highest BCUT2D eigenvalue weighted by molar-refractivity contribution is 7.91. The molecule has 2 amide bonds. The van der Waals surface area contributed by atoms with E-state index in [0.717, 1.165) is 6.07 Å². The second-order valence-corrected chi connectivity index (χ2v) is 11.5. The molecule has 0 bridgehead atoms. The maximum Gasteiger partial charge on any atom is 0.409 e. The van der Waals surface area contributed by atoms with Gasteiger partial charge in [-0.2, -0.15) is 0 Å². The van der Waals surface area contributed by atoms with E-state index < -0.39 is 39.4 Å². The van der Waals surface area contributed by atoms with E-state index in [1.807, 2.05) is 0 Å². The number of anilines is 1. The number of ether oxygens (including phenoxy) is 1. The van der Waals surface area contributed by atoms with Crippen LogP contribution in [-0.4, -0.2) is 67.5 Å². The number of fused-ring (bicyclic) bond motifs is 1. The SMILES string of the molecule is COC(=O)N1CCC(c2nnc(-c3cc4c(cc3F)S(=O)(=O)C[C@H](N)C(=O)N4Cc3ccc(Cl)cc3)o2)C1. The van der Waals surface area contributed by atoms with Gasteiger partial charge in [-0.1, -0.05) is 23.7 Å². The van der Waals surface area contributed by atoms with Gasteiger partial charge in [-0.25, -0.2) is 17.6 Å². The summed E-state index contributed by atoms with van der Waals surface area (Å²) in [5.41, 5.74) is 6.37. The molecule has 0 aliphatic carbocycles. The Hall–Kier alpha value is -3.55. The molecule has 1 unspecified atom stereocenters. The van der Waals surface area contributed by atoms with Gasteiger partial charge in [-0.05, 0) is 36.2 Å². The molecule has 0 radical (unpaired) electrons. The molecule has 2 aliphatic rings. The normalized spacial score (nSPS) is 20.8. The lowest BCUT2D eigenvalue weighted by Crippen LogP contribution is -2.45. The third-order valence-electron chi connectivity index (χ3n) is 6.55. The van der Waals surface area contributed by atoms with Crippen molar-refractivity contribution in [2.75, 3.05) is 30.9 Å². The van der Waals surface area contributed by atoms with Crippen molar-refractivity contribution in [2.24, 2.45) is 5.73 Å². The number of sulfone groups is 1. The summed E-state index contributed by atoms with van der Waals surface area (Å²) in [5, 5.41) is 8.47. The zero-order chi connectivity index (χ0) is 27.2. The molecule has 14 heteroatoms. The van der Waals surface area contributed by atoms with Crippen molar-refractivity contribution in [1.29, 1.82) is 0 Å². The highest BCUT2D eigenvalue weighted by atomic mass is 35.5. The summed E-state index contributed by atoms with van der Waals surface area (Å²) in [6, 6.07) is 7.36. The number of halogens is 2. The van der Waals surface area contributed by atoms with Gasteiger partial charge < -0.3 is 24.7 Å². The lowest BCUT2D eigenvalue weighted by Gasteiger charge is -2.24. The van der Waals surface area contributed by atoms with Gasteiger partial charge in [0.1, 0.15) is 5.82 Å². The first-order chi connectivity index (χ1) is 18.1. The summed E-state index contributed by atoms with van der Waals surface area (Å²) in [6.07, 6.45) is 0.0667. The first-order valence-electron chi connectivity index (χ1n) is 11.6. The van der Waals surface area contributed by atoms with E-state index in [9.17, 15) is 18.0 Å². The number of nitrogens with zero attached hydrogens (tertiary/aromatic N) is 4. The molecule has 200 valence electrons. The van der Waals surface area contributed by atoms with E-state index in [1.54, 1.807) is 24.3 Å². The lowest BCUT2D eigenvalue weighted by atomic mass is 10.1. The minimum atomic E-state index is -4.10. The van der Waals surface area contributed by atoms with Crippen molar-refractivity contribution < 1.29 is 31.6 Å². The van der Waals surface area contributed by atoms with Gasteiger partial charge >= 0.3 is 6.09 Å². The highest BCUT2D eigenvalue weighted by Crippen LogP contribution is 2.38. The summed E-state index contributed by atoms with van der Waals surface area (Å²) < 4.78 is 51.9. The van der Waals surface area contributed by atoms with Crippen molar-refractivity contribution in [2.45, 2.75) is 29.8 Å². The third-order valence-corrected chi connectivity index (χ3v) is 8.60. The number of benzene rings is 2. The average Bonchev–Trinajstić information content (AvgIpc) is 3.56. The molecule has 3 heterocycles. The van der Waals surface area contributed by atoms with Gasteiger partial charge in [0.05, 0.1) is 47.5 Å². The van der Waals surface area contributed by atoms with E-state index in [0.29, 0.717) is 30.1 Å². The largest absolute Gasteiger partial charge is 0.453 e. The van der Waals surface area contributed by atoms with Gasteiger partial charge in [0.15, 0.2) is 9.84 Å². The van der Waals surface area contributed by atoms with E-state index in [4.69, 9.17) is 26.5 Å². The molecule has 0 saturated carbocycles. The minimum absolute atomic E-state index is 0.0299. The second-order valence-electron chi connectivity index (χ2n) is 9.09. The molecule has 1 aromatic heterocycles. The van der Waals surface area contributed by atoms with Crippen LogP contribution in [0.2, 0.25) is 5.02 Å². The topological polar surface area (TPSA) is 149 Å². The smallest absolute Gasteiger partial charge is 0.409 e. The summed E-state index contributed by atoms with van der Waals surface area (Å²) in [7, 11) is -2.82. The van der Waals surface area contributed by atoms with Crippen LogP contribution in [0.3, 0.4) is 0 Å². The fraction of sp³-hybridized carbons (Fsp3) is 0.333. The maximum atomic E-state index is 15.3. The van der Waals surface area contributed by atoms with Crippen molar-refractivity contribution in [1.82, 2.24) is 15.1 Å². The number of nitrogens with two attached hydrogens (primary N) is 1. The average molecular weight is 564 g/mol. The Morgan fingerprint density at radius 1 is 1.26 bits per heavy atom. The summed E-state index contributed by atoms with van der Waals surface area (Å²) in [5.74, 6) is -2.50. The van der Waals surface area contributed by atoms with Crippen LogP contribution in [0.25, 0.3) is 11.5 Å². The van der Waals surface area contributed by atoms with E-state index in [2.05, 4.69) is 10.2 Å². The van der Waals surface area contributed by atoms with Gasteiger partial charge in [0.25, 0.3) is 5.89 Å². The van der Waals surface area contributed by atoms with Gasteiger partial charge in [0, 0.05) is 18.1 Å². The third kappa shape index (κ3) is 4.84. The van der Waals surface area contributed by atoms with Gasteiger partial charge in [-0.3, -0.25) is 4.79 Å². The molecule has 2 aromatic carbocycles. The van der Waals surface area contributed by atoms with Crippen LogP contribution in [-0.2, 0) is 25.9 Å². The number of carbonyl (C=O) groups excluding carboxylic acids is 2. The number of aromatic nitrogens is 2. The van der Waals surface area contributed by atoms with Gasteiger partial charge in [0.2, 0.25) is 11.8 Å². The lowest BCUT2D eigenvalue weighted by molar-refractivity contribution is -0.119. The first kappa shape index (κ1) is 26.1. The van der Waals surface area contributed by atoms with E-state index in [-0.39, 0.29) is 40.4 Å². The molecule has 3 aromatic rings. The Morgan fingerprint density at radius 3 is 2.71 bits per heavy atom. The quantitative estimate of drug-likeness (QED) is 0.505. The number of carbonyl (C=O) groups is 2. The molecule has 5 rings (SSSR count). The molecule has 38 heavy (non-hydrogen) atoms. The molecule has 0 spiro atoms. The fourth-order valence-corrected chi connectivity index (χ4v) is 6.28. The summed E-state index contributed by atoms with van der Waals surface area (Å²) in [6.45, 7) is 0.695. The number of hydrogen-bond acceptors (Lipinski definition) is 9. The zero-order valence-corrected chi connectivity index (χ0v) is 21.7. The Bertz CT molecular complexity index is 1510. The number of likely N-dealkylation sites (tertiary alicyclic amines) is 1. The van der Waals surface area contributed by atoms with Gasteiger partial charge in [-0.15, -0.1) is 10.2 Å². The molecule has 1 fully saturated rings. The number of methoxy groups -OCH3 is 1. The second kappa shape index (κ2) is 9.97. The van der Waals surface area contributed by atoms with Crippen LogP contribution in [0.5, 0.6) is 0 Å². The Balaban J connectivity index is 1.54. The van der Waals surface area contributed by atoms with Crippen molar-refractivity contribution in [3.8, 4) is 11.5 Å². The molecule has 2 atom stereocenters. The molecular weight excluding hydrogens is 541 g/mol. The predicted molar refractivity (Wildman–Crippen MR) is 134 cm³/mol. The molecule has 1 saturated heterocycles. The molecule has 11 nitrogen and oxygen atoms in total. The first-order valence-corrected chi connectivity index (χ1v) is 13.6. The van der Waals surface area contributed by atoms with E-state index >= 15 is 4.39 Å². The van der Waals surface area contributed by atoms with Crippen LogP contribution in [0.1, 0.15) is 23.8 Å². The Morgan fingerprint density at radius 2 is 2.00 bits per heavy atom. The van der Waals surface area contributed by atoms with Crippen LogP contribution < -0.4 is 10.6 Å². The minimum Gasteiger partial charge on any atom is -0.453 e. The van der Waals surface area contributed by atoms with Crippen molar-refractivity contribution in [3.63, 3.8) is 0 Å². The molecule has 2 aliphatic heterocycles. The molecular formula is C24H23ClFN5O6S. The van der Waals surface area contributed by atoms with E-state index in [1.165, 1.54) is 23.0 Å². The van der Waals surface area contributed by atoms with Crippen LogP contribution in [0, 0.1) is 5.82 Å². The van der Waals surface area contributed by atoms with Crippen molar-refractivity contribution in [3.05, 3.63) is 58.7 Å². The number of rotatable bonds is 4. The maximum absolute atomic E-state index is 15.3. The standard InChI is InChI=1S/C24H23ClFN5O6S/c1-36-24(33)30-7-6-14(11-30)21-28-29-22(37-21)16-8-19-20(9-17(16)26)38(34,35)12-18(27)23(32)31(19)10-13-2-4-15(25)5-3-13/h2-5,8-9,14,18H,6-7,10-12,27H2,1H3/t14?,18-/m0/s1.